The lowest BCUT2D eigenvalue weighted by molar-refractivity contribution is 0.0690. The number of nitrogens with zero attached hydrogens (tertiary/aromatic N) is 5. The predicted molar refractivity (Wildman–Crippen MR) is 85.5 cm³/mol. The number of carboxylic acid groups (broad SMARTS) is 1. The molecule has 0 aliphatic carbocycles. The summed E-state index contributed by atoms with van der Waals surface area (Å²) in [7, 11) is -3.19. The van der Waals surface area contributed by atoms with Gasteiger partial charge in [-0.15, -0.1) is 10.2 Å². The van der Waals surface area contributed by atoms with Gasteiger partial charge in [0.15, 0.2) is 11.5 Å². The number of hydrogen-bond acceptors (Lipinski definition) is 7. The van der Waals surface area contributed by atoms with Crippen molar-refractivity contribution in [1.29, 1.82) is 0 Å². The normalized spacial score (nSPS) is 17.2. The van der Waals surface area contributed by atoms with Gasteiger partial charge in [0.1, 0.15) is 5.82 Å². The van der Waals surface area contributed by atoms with Gasteiger partial charge >= 0.3 is 5.97 Å². The van der Waals surface area contributed by atoms with E-state index in [9.17, 15) is 18.3 Å². The minimum atomic E-state index is -3.19. The molecular weight excluding hydrogens is 336 g/mol. The molecule has 1 fully saturated rings. The molecule has 0 amide bonds. The Kier molecular flexibility index (Phi) is 4.13. The summed E-state index contributed by atoms with van der Waals surface area (Å²) < 4.78 is 26.1. The van der Waals surface area contributed by atoms with Crippen LogP contribution in [0.5, 0.6) is 0 Å². The molecular formula is C13H18N6O4S. The first-order valence-electron chi connectivity index (χ1n) is 7.43. The molecule has 10 nitrogen and oxygen atoms in total. The second-order valence-electron chi connectivity index (χ2n) is 5.80. The van der Waals surface area contributed by atoms with Crippen LogP contribution in [0, 0.1) is 6.92 Å². The summed E-state index contributed by atoms with van der Waals surface area (Å²) in [5.74, 6) is -0.238. The topological polar surface area (TPSA) is 130 Å². The first-order chi connectivity index (χ1) is 11.3. The van der Waals surface area contributed by atoms with Crippen LogP contribution in [-0.2, 0) is 10.0 Å². The maximum absolute atomic E-state index is 11.6. The Morgan fingerprint density at radius 1 is 1.33 bits per heavy atom. The summed E-state index contributed by atoms with van der Waals surface area (Å²) in [6.45, 7) is 2.55. The van der Waals surface area contributed by atoms with Crippen molar-refractivity contribution in [3.63, 3.8) is 0 Å². The molecule has 0 bridgehead atoms. The number of nitrogens with one attached hydrogen (secondary N) is 1. The van der Waals surface area contributed by atoms with E-state index in [4.69, 9.17) is 0 Å². The smallest absolute Gasteiger partial charge is 0.356 e. The highest BCUT2D eigenvalue weighted by Gasteiger charge is 2.26. The average molecular weight is 354 g/mol. The molecule has 24 heavy (non-hydrogen) atoms. The number of carboxylic acids is 1. The number of sulfonamides is 1. The molecule has 0 spiro atoms. The Hall–Kier alpha value is -2.27. The molecule has 1 saturated heterocycles. The third-order valence-electron chi connectivity index (χ3n) is 4.04. The van der Waals surface area contributed by atoms with Crippen LogP contribution < -0.4 is 5.32 Å². The Morgan fingerprint density at radius 2 is 2.00 bits per heavy atom. The highest BCUT2D eigenvalue weighted by atomic mass is 32.2. The van der Waals surface area contributed by atoms with E-state index in [1.165, 1.54) is 16.8 Å². The van der Waals surface area contributed by atoms with Gasteiger partial charge in [-0.2, -0.15) is 0 Å². The lowest BCUT2D eigenvalue weighted by Crippen LogP contribution is -2.42. The Bertz CT molecular complexity index is 885. The van der Waals surface area contributed by atoms with Crippen LogP contribution >= 0.6 is 0 Å². The third kappa shape index (κ3) is 3.17. The van der Waals surface area contributed by atoms with Crippen LogP contribution in [0.15, 0.2) is 6.20 Å². The van der Waals surface area contributed by atoms with Crippen molar-refractivity contribution in [2.75, 3.05) is 24.7 Å². The van der Waals surface area contributed by atoms with Gasteiger partial charge in [0, 0.05) is 25.3 Å². The monoisotopic (exact) mass is 354 g/mol. The highest BCUT2D eigenvalue weighted by molar-refractivity contribution is 7.88. The highest BCUT2D eigenvalue weighted by Crippen LogP contribution is 2.20. The van der Waals surface area contributed by atoms with E-state index in [0.29, 0.717) is 43.2 Å². The fourth-order valence-electron chi connectivity index (χ4n) is 2.73. The van der Waals surface area contributed by atoms with Gasteiger partial charge in [0.05, 0.1) is 6.26 Å². The van der Waals surface area contributed by atoms with Gasteiger partial charge in [0.2, 0.25) is 15.7 Å². The zero-order valence-electron chi connectivity index (χ0n) is 13.3. The maximum Gasteiger partial charge on any atom is 0.356 e. The Balaban J connectivity index is 1.84. The van der Waals surface area contributed by atoms with E-state index in [0.717, 1.165) is 0 Å². The number of aromatic carboxylic acids is 1. The number of anilines is 1. The van der Waals surface area contributed by atoms with Crippen LogP contribution in [0.25, 0.3) is 5.65 Å². The molecule has 3 rings (SSSR count). The van der Waals surface area contributed by atoms with Crippen molar-refractivity contribution >= 4 is 27.5 Å². The van der Waals surface area contributed by atoms with Crippen LogP contribution in [-0.4, -0.2) is 68.8 Å². The number of hydrogen-bond donors (Lipinski definition) is 2. The zero-order chi connectivity index (χ0) is 17.5. The average Bonchev–Trinajstić information content (AvgIpc) is 2.88. The van der Waals surface area contributed by atoms with Crippen molar-refractivity contribution in [1.82, 2.24) is 23.9 Å². The lowest BCUT2D eigenvalue weighted by atomic mass is 10.1. The summed E-state index contributed by atoms with van der Waals surface area (Å²) in [6, 6.07) is -0.0136. The third-order valence-corrected chi connectivity index (χ3v) is 5.35. The first-order valence-corrected chi connectivity index (χ1v) is 9.28. The fraction of sp³-hybridized carbons (Fsp3) is 0.538. The SMILES string of the molecule is Cc1nnc2c(NC3CCN(S(C)(=O)=O)CC3)nc(C(=O)O)cn12. The van der Waals surface area contributed by atoms with E-state index in [-0.39, 0.29) is 11.7 Å². The van der Waals surface area contributed by atoms with Crippen LogP contribution in [0.2, 0.25) is 0 Å². The molecule has 2 N–H and O–H groups in total. The molecule has 0 unspecified atom stereocenters. The Morgan fingerprint density at radius 3 is 2.58 bits per heavy atom. The largest absolute Gasteiger partial charge is 0.476 e. The van der Waals surface area contributed by atoms with Crippen molar-refractivity contribution in [3.05, 3.63) is 17.7 Å². The van der Waals surface area contributed by atoms with E-state index < -0.39 is 16.0 Å². The quantitative estimate of drug-likeness (QED) is 0.783. The van der Waals surface area contributed by atoms with Crippen molar-refractivity contribution in [2.45, 2.75) is 25.8 Å². The number of piperidine rings is 1. The number of carbonyl (C=O) groups is 1. The van der Waals surface area contributed by atoms with Crippen molar-refractivity contribution < 1.29 is 18.3 Å². The second kappa shape index (κ2) is 5.98. The molecule has 0 radical (unpaired) electrons. The first kappa shape index (κ1) is 16.6. The number of aryl methyl sites for hydroxylation is 1. The summed E-state index contributed by atoms with van der Waals surface area (Å²) >= 11 is 0. The molecule has 2 aromatic heterocycles. The zero-order valence-corrected chi connectivity index (χ0v) is 14.1. The van der Waals surface area contributed by atoms with Gasteiger partial charge in [-0.25, -0.2) is 22.5 Å². The standard InChI is InChI=1S/C13H18N6O4S/c1-8-16-17-12-11(15-10(13(20)21)7-19(8)12)14-9-3-5-18(6-4-9)24(2,22)23/h7,9H,3-6H2,1-2H3,(H,14,15)(H,20,21). The predicted octanol–water partition coefficient (Wildman–Crippen LogP) is -0.0332. The molecule has 2 aromatic rings. The molecule has 11 heteroatoms. The second-order valence-corrected chi connectivity index (χ2v) is 7.78. The van der Waals surface area contributed by atoms with Crippen LogP contribution in [0.3, 0.4) is 0 Å². The van der Waals surface area contributed by atoms with E-state index in [1.54, 1.807) is 11.3 Å². The number of aromatic nitrogens is 4. The van der Waals surface area contributed by atoms with Gasteiger partial charge in [-0.3, -0.25) is 4.40 Å². The molecule has 3 heterocycles. The van der Waals surface area contributed by atoms with Crippen molar-refractivity contribution in [2.24, 2.45) is 0 Å². The van der Waals surface area contributed by atoms with Crippen LogP contribution in [0.1, 0.15) is 29.2 Å². The molecule has 0 aromatic carbocycles. The summed E-state index contributed by atoms with van der Waals surface area (Å²) in [5, 5.41) is 20.4. The summed E-state index contributed by atoms with van der Waals surface area (Å²) in [4.78, 5) is 15.4. The van der Waals surface area contributed by atoms with Gasteiger partial charge in [-0.05, 0) is 19.8 Å². The Labute approximate surface area is 138 Å². The molecule has 0 saturated carbocycles. The summed E-state index contributed by atoms with van der Waals surface area (Å²) in [6.07, 6.45) is 3.78. The molecule has 1 aliphatic rings. The minimum Gasteiger partial charge on any atom is -0.476 e. The van der Waals surface area contributed by atoms with E-state index >= 15 is 0 Å². The molecule has 130 valence electrons. The number of fused-ring (bicyclic) bond motifs is 1. The molecule has 1 aliphatic heterocycles. The lowest BCUT2D eigenvalue weighted by Gasteiger charge is -2.30. The van der Waals surface area contributed by atoms with Gasteiger partial charge in [0.25, 0.3) is 0 Å². The minimum absolute atomic E-state index is 0.0136. The van der Waals surface area contributed by atoms with E-state index in [1.807, 2.05) is 0 Å². The summed E-state index contributed by atoms with van der Waals surface area (Å²) in [5.41, 5.74) is 0.338. The van der Waals surface area contributed by atoms with Gasteiger partial charge in [-0.1, -0.05) is 0 Å². The van der Waals surface area contributed by atoms with Crippen LogP contribution in [0.4, 0.5) is 5.82 Å². The molecule has 0 atom stereocenters. The van der Waals surface area contributed by atoms with Gasteiger partial charge < -0.3 is 10.4 Å². The van der Waals surface area contributed by atoms with E-state index in [2.05, 4.69) is 20.5 Å². The fourth-order valence-corrected chi connectivity index (χ4v) is 3.61. The number of rotatable bonds is 4. The van der Waals surface area contributed by atoms with Crippen molar-refractivity contribution in [3.8, 4) is 0 Å². The maximum atomic E-state index is 11.6.